The molecule has 3 aromatic rings. The maximum absolute atomic E-state index is 13.9. The molecule has 31 heavy (non-hydrogen) atoms. The zero-order valence-corrected chi connectivity index (χ0v) is 16.5. The molecule has 162 valence electrons. The van der Waals surface area contributed by atoms with Gasteiger partial charge >= 0.3 is 6.18 Å². The van der Waals surface area contributed by atoms with Crippen LogP contribution in [0.25, 0.3) is 11.4 Å². The Labute approximate surface area is 174 Å². The van der Waals surface area contributed by atoms with Gasteiger partial charge in [0.25, 0.3) is 5.56 Å². The second-order valence-electron chi connectivity index (χ2n) is 7.21. The van der Waals surface area contributed by atoms with Gasteiger partial charge in [0.05, 0.1) is 23.9 Å². The number of benzene rings is 1. The molecule has 4 rings (SSSR count). The van der Waals surface area contributed by atoms with E-state index in [-0.39, 0.29) is 17.3 Å². The molecule has 1 aliphatic rings. The van der Waals surface area contributed by atoms with E-state index in [9.17, 15) is 22.4 Å². The van der Waals surface area contributed by atoms with Crippen LogP contribution >= 0.6 is 0 Å². The first-order valence-corrected chi connectivity index (χ1v) is 9.45. The molecule has 1 aliphatic heterocycles. The average Bonchev–Trinajstić information content (AvgIpc) is 2.74. The lowest BCUT2D eigenvalue weighted by Crippen LogP contribution is -2.35. The number of hydrogen-bond donors (Lipinski definition) is 1. The molecule has 0 unspecified atom stereocenters. The van der Waals surface area contributed by atoms with Crippen LogP contribution < -0.4 is 10.3 Å². The highest BCUT2D eigenvalue weighted by Gasteiger charge is 2.30. The first kappa shape index (κ1) is 21.0. The number of aromatic amines is 1. The van der Waals surface area contributed by atoms with Gasteiger partial charge in [0.1, 0.15) is 5.82 Å². The highest BCUT2D eigenvalue weighted by Crippen LogP contribution is 2.30. The molecule has 0 spiro atoms. The van der Waals surface area contributed by atoms with E-state index in [4.69, 9.17) is 4.74 Å². The molecule has 0 amide bonds. The van der Waals surface area contributed by atoms with Crippen LogP contribution in [0, 0.1) is 5.82 Å². The Bertz CT molecular complexity index is 1160. The number of rotatable bonds is 4. The summed E-state index contributed by atoms with van der Waals surface area (Å²) >= 11 is 0. The van der Waals surface area contributed by atoms with Gasteiger partial charge in [-0.25, -0.2) is 14.4 Å². The SMILES string of the molecule is COc1ncc(CN2CCc3nc(-c4ccc(C(F)(F)F)cc4)[nH]c(=O)c3C2)cc1F. The van der Waals surface area contributed by atoms with Gasteiger partial charge < -0.3 is 9.72 Å². The molecule has 0 saturated carbocycles. The van der Waals surface area contributed by atoms with Gasteiger partial charge in [-0.05, 0) is 23.8 Å². The molecule has 1 N–H and O–H groups in total. The number of hydrogen-bond acceptors (Lipinski definition) is 5. The fraction of sp³-hybridized carbons (Fsp3) is 0.286. The molecule has 0 fully saturated rings. The van der Waals surface area contributed by atoms with Crippen molar-refractivity contribution in [1.29, 1.82) is 0 Å². The number of H-pyrrole nitrogens is 1. The smallest absolute Gasteiger partial charge is 0.416 e. The molecule has 0 radical (unpaired) electrons. The summed E-state index contributed by atoms with van der Waals surface area (Å²) in [6, 6.07) is 5.83. The molecule has 10 heteroatoms. The van der Waals surface area contributed by atoms with E-state index in [2.05, 4.69) is 15.0 Å². The third-order valence-electron chi connectivity index (χ3n) is 5.10. The predicted octanol–water partition coefficient (Wildman–Crippen LogP) is 3.56. The molecule has 3 heterocycles. The fourth-order valence-corrected chi connectivity index (χ4v) is 3.53. The van der Waals surface area contributed by atoms with Crippen molar-refractivity contribution < 1.29 is 22.3 Å². The van der Waals surface area contributed by atoms with Crippen molar-refractivity contribution in [1.82, 2.24) is 19.9 Å². The molecule has 0 bridgehead atoms. The lowest BCUT2D eigenvalue weighted by atomic mass is 10.1. The second-order valence-corrected chi connectivity index (χ2v) is 7.21. The van der Waals surface area contributed by atoms with Crippen molar-refractivity contribution in [3.05, 3.63) is 75.1 Å². The minimum atomic E-state index is -4.43. The number of nitrogens with one attached hydrogen (secondary N) is 1. The molecular formula is C21H18F4N4O2. The minimum Gasteiger partial charge on any atom is -0.479 e. The minimum absolute atomic E-state index is 0.0795. The Balaban J connectivity index is 1.53. The average molecular weight is 434 g/mol. The highest BCUT2D eigenvalue weighted by molar-refractivity contribution is 5.56. The summed E-state index contributed by atoms with van der Waals surface area (Å²) in [5, 5.41) is 0. The predicted molar refractivity (Wildman–Crippen MR) is 104 cm³/mol. The lowest BCUT2D eigenvalue weighted by Gasteiger charge is -2.27. The largest absolute Gasteiger partial charge is 0.479 e. The number of methoxy groups -OCH3 is 1. The normalized spacial score (nSPS) is 14.4. The first-order valence-electron chi connectivity index (χ1n) is 9.45. The Morgan fingerprint density at radius 1 is 1.23 bits per heavy atom. The van der Waals surface area contributed by atoms with E-state index in [1.165, 1.54) is 31.5 Å². The fourth-order valence-electron chi connectivity index (χ4n) is 3.53. The third kappa shape index (κ3) is 4.43. The summed E-state index contributed by atoms with van der Waals surface area (Å²) in [6.45, 7) is 1.30. The van der Waals surface area contributed by atoms with Crippen molar-refractivity contribution in [3.63, 3.8) is 0 Å². The topological polar surface area (TPSA) is 71.1 Å². The molecular weight excluding hydrogens is 416 g/mol. The van der Waals surface area contributed by atoms with Gasteiger partial charge in [-0.2, -0.15) is 13.2 Å². The number of nitrogens with zero attached hydrogens (tertiary/aromatic N) is 3. The van der Waals surface area contributed by atoms with Gasteiger partial charge in [-0.1, -0.05) is 12.1 Å². The van der Waals surface area contributed by atoms with E-state index in [1.54, 1.807) is 0 Å². The number of ether oxygens (including phenoxy) is 1. The monoisotopic (exact) mass is 434 g/mol. The number of halogens is 4. The highest BCUT2D eigenvalue weighted by atomic mass is 19.4. The molecule has 0 aliphatic carbocycles. The maximum Gasteiger partial charge on any atom is 0.416 e. The van der Waals surface area contributed by atoms with Crippen LogP contribution in [-0.4, -0.2) is 33.5 Å². The summed E-state index contributed by atoms with van der Waals surface area (Å²) in [4.78, 5) is 25.6. The molecule has 6 nitrogen and oxygen atoms in total. The van der Waals surface area contributed by atoms with E-state index in [0.29, 0.717) is 48.4 Å². The van der Waals surface area contributed by atoms with Crippen molar-refractivity contribution in [3.8, 4) is 17.3 Å². The zero-order valence-electron chi connectivity index (χ0n) is 16.5. The summed E-state index contributed by atoms with van der Waals surface area (Å²) in [5.41, 5.74) is 1.03. The summed E-state index contributed by atoms with van der Waals surface area (Å²) < 4.78 is 56.9. The van der Waals surface area contributed by atoms with Gasteiger partial charge in [0.15, 0.2) is 5.82 Å². The summed E-state index contributed by atoms with van der Waals surface area (Å²) in [5.74, 6) is -0.408. The molecule has 0 saturated heterocycles. The van der Waals surface area contributed by atoms with Crippen LogP contribution in [0.5, 0.6) is 5.88 Å². The van der Waals surface area contributed by atoms with Crippen molar-refractivity contribution in [2.24, 2.45) is 0 Å². The molecule has 0 atom stereocenters. The molecule has 2 aromatic heterocycles. The van der Waals surface area contributed by atoms with E-state index >= 15 is 0 Å². The lowest BCUT2D eigenvalue weighted by molar-refractivity contribution is -0.137. The van der Waals surface area contributed by atoms with Crippen LogP contribution in [-0.2, 0) is 25.7 Å². The Morgan fingerprint density at radius 2 is 1.97 bits per heavy atom. The van der Waals surface area contributed by atoms with Crippen LogP contribution in [0.3, 0.4) is 0 Å². The van der Waals surface area contributed by atoms with Crippen LogP contribution in [0.1, 0.15) is 22.4 Å². The number of alkyl halides is 3. The standard InChI is InChI=1S/C21H18F4N4O2/c1-31-20-16(22)8-12(9-26-20)10-29-7-6-17-15(11-29)19(30)28-18(27-17)13-2-4-14(5-3-13)21(23,24)25/h2-5,8-9H,6-7,10-11H2,1H3,(H,27,28,30). The first-order chi connectivity index (χ1) is 14.7. The Hall–Kier alpha value is -3.27. The van der Waals surface area contributed by atoms with Crippen LogP contribution in [0.2, 0.25) is 0 Å². The Kier molecular flexibility index (Phi) is 5.48. The van der Waals surface area contributed by atoms with Gasteiger partial charge in [0.2, 0.25) is 5.88 Å². The summed E-state index contributed by atoms with van der Waals surface area (Å²) in [7, 11) is 1.34. The van der Waals surface area contributed by atoms with E-state index in [1.807, 2.05) is 4.90 Å². The zero-order chi connectivity index (χ0) is 22.2. The van der Waals surface area contributed by atoms with Crippen LogP contribution in [0.15, 0.2) is 41.3 Å². The van der Waals surface area contributed by atoms with Crippen molar-refractivity contribution >= 4 is 0 Å². The number of pyridine rings is 1. The van der Waals surface area contributed by atoms with E-state index in [0.717, 1.165) is 12.1 Å². The Morgan fingerprint density at radius 3 is 2.61 bits per heavy atom. The molecule has 1 aromatic carbocycles. The third-order valence-corrected chi connectivity index (χ3v) is 5.10. The second kappa shape index (κ2) is 8.10. The quantitative estimate of drug-likeness (QED) is 0.636. The maximum atomic E-state index is 13.9. The van der Waals surface area contributed by atoms with Crippen molar-refractivity contribution in [2.75, 3.05) is 13.7 Å². The van der Waals surface area contributed by atoms with Crippen LogP contribution in [0.4, 0.5) is 17.6 Å². The summed E-state index contributed by atoms with van der Waals surface area (Å²) in [6.07, 6.45) is -2.42. The van der Waals surface area contributed by atoms with Gasteiger partial charge in [-0.15, -0.1) is 0 Å². The van der Waals surface area contributed by atoms with E-state index < -0.39 is 17.6 Å². The number of fused-ring (bicyclic) bond motifs is 1. The number of aromatic nitrogens is 3. The van der Waals surface area contributed by atoms with Crippen molar-refractivity contribution in [2.45, 2.75) is 25.7 Å². The van der Waals surface area contributed by atoms with Gasteiger partial charge in [0, 0.05) is 37.8 Å². The van der Waals surface area contributed by atoms with Gasteiger partial charge in [-0.3, -0.25) is 9.69 Å².